The standard InChI is InChI=1S/C12H17ClF3N3O/c1-7(2)6-19-11(20)10(13)9(5-17-19)18-8(3)4-12(14,15)16/h5,7-8,18H,4,6H2,1-3H3. The van der Waals surface area contributed by atoms with Gasteiger partial charge in [-0.3, -0.25) is 4.79 Å². The molecule has 1 rings (SSSR count). The second-order valence-corrected chi connectivity index (χ2v) is 5.50. The Morgan fingerprint density at radius 1 is 1.40 bits per heavy atom. The maximum absolute atomic E-state index is 12.2. The van der Waals surface area contributed by atoms with Gasteiger partial charge in [0.2, 0.25) is 0 Å². The van der Waals surface area contributed by atoms with Crippen molar-refractivity contribution < 1.29 is 13.2 Å². The number of halogens is 4. The van der Waals surface area contributed by atoms with E-state index in [1.54, 1.807) is 0 Å². The summed E-state index contributed by atoms with van der Waals surface area (Å²) in [5, 5.41) is 6.32. The fourth-order valence-electron chi connectivity index (χ4n) is 1.71. The van der Waals surface area contributed by atoms with Gasteiger partial charge in [-0.2, -0.15) is 18.3 Å². The monoisotopic (exact) mass is 311 g/mol. The molecule has 114 valence electrons. The van der Waals surface area contributed by atoms with Crippen molar-refractivity contribution in [3.63, 3.8) is 0 Å². The minimum atomic E-state index is -4.28. The SMILES string of the molecule is CC(C)Cn1ncc(NC(C)CC(F)(F)F)c(Cl)c1=O. The van der Waals surface area contributed by atoms with Crippen molar-refractivity contribution in [1.29, 1.82) is 0 Å². The molecule has 0 aliphatic heterocycles. The third kappa shape index (κ3) is 5.03. The van der Waals surface area contributed by atoms with Crippen molar-refractivity contribution in [2.24, 2.45) is 5.92 Å². The minimum Gasteiger partial charge on any atom is -0.380 e. The summed E-state index contributed by atoms with van der Waals surface area (Å²) in [5.74, 6) is 0.208. The van der Waals surface area contributed by atoms with Crippen molar-refractivity contribution in [1.82, 2.24) is 9.78 Å². The lowest BCUT2D eigenvalue weighted by atomic mass is 10.2. The van der Waals surface area contributed by atoms with Gasteiger partial charge < -0.3 is 5.32 Å². The van der Waals surface area contributed by atoms with E-state index in [2.05, 4.69) is 10.4 Å². The Hall–Kier alpha value is -1.24. The summed E-state index contributed by atoms with van der Waals surface area (Å²) in [6.45, 7) is 5.60. The number of nitrogens with zero attached hydrogens (tertiary/aromatic N) is 2. The van der Waals surface area contributed by atoms with Crippen molar-refractivity contribution in [2.45, 2.75) is 46.0 Å². The summed E-state index contributed by atoms with van der Waals surface area (Å²) in [6, 6.07) is -0.894. The summed E-state index contributed by atoms with van der Waals surface area (Å²) < 4.78 is 37.9. The van der Waals surface area contributed by atoms with Crippen molar-refractivity contribution in [3.8, 4) is 0 Å². The molecule has 1 unspecified atom stereocenters. The molecule has 1 aromatic heterocycles. The second kappa shape index (κ2) is 6.47. The fraction of sp³-hybridized carbons (Fsp3) is 0.667. The Kier molecular flexibility index (Phi) is 5.44. The molecule has 0 bridgehead atoms. The highest BCUT2D eigenvalue weighted by Crippen LogP contribution is 2.24. The first kappa shape index (κ1) is 16.8. The van der Waals surface area contributed by atoms with Crippen molar-refractivity contribution in [2.75, 3.05) is 5.32 Å². The van der Waals surface area contributed by atoms with E-state index in [1.807, 2.05) is 13.8 Å². The first-order valence-corrected chi connectivity index (χ1v) is 6.57. The highest BCUT2D eigenvalue weighted by atomic mass is 35.5. The van der Waals surface area contributed by atoms with Gasteiger partial charge in [-0.1, -0.05) is 25.4 Å². The van der Waals surface area contributed by atoms with Crippen LogP contribution in [0, 0.1) is 5.92 Å². The number of aromatic nitrogens is 2. The molecule has 0 amide bonds. The third-order valence-electron chi connectivity index (χ3n) is 2.46. The predicted octanol–water partition coefficient (Wildman–Crippen LogP) is 3.31. The zero-order valence-electron chi connectivity index (χ0n) is 11.5. The van der Waals surface area contributed by atoms with E-state index in [4.69, 9.17) is 11.6 Å². The minimum absolute atomic E-state index is 0.119. The molecule has 0 spiro atoms. The molecule has 0 saturated heterocycles. The van der Waals surface area contributed by atoms with Gasteiger partial charge >= 0.3 is 6.18 Å². The Morgan fingerprint density at radius 3 is 2.50 bits per heavy atom. The molecule has 0 saturated carbocycles. The summed E-state index contributed by atoms with van der Waals surface area (Å²) in [6.07, 6.45) is -4.02. The van der Waals surface area contributed by atoms with E-state index in [0.29, 0.717) is 6.54 Å². The number of hydrogen-bond acceptors (Lipinski definition) is 3. The average molecular weight is 312 g/mol. The number of alkyl halides is 3. The molecule has 0 fully saturated rings. The quantitative estimate of drug-likeness (QED) is 0.907. The molecule has 1 aromatic rings. The average Bonchev–Trinajstić information content (AvgIpc) is 2.26. The molecule has 20 heavy (non-hydrogen) atoms. The van der Waals surface area contributed by atoms with Crippen molar-refractivity contribution >= 4 is 17.3 Å². The van der Waals surface area contributed by atoms with E-state index in [0.717, 1.165) is 0 Å². The van der Waals surface area contributed by atoms with Crippen LogP contribution in [0.25, 0.3) is 0 Å². The Labute approximate surface area is 119 Å². The van der Waals surface area contributed by atoms with Gasteiger partial charge in [0.15, 0.2) is 0 Å². The lowest BCUT2D eigenvalue weighted by molar-refractivity contribution is -0.136. The second-order valence-electron chi connectivity index (χ2n) is 5.12. The van der Waals surface area contributed by atoms with E-state index in [-0.39, 0.29) is 16.6 Å². The fourth-order valence-corrected chi connectivity index (χ4v) is 1.91. The summed E-state index contributed by atoms with van der Waals surface area (Å²) in [4.78, 5) is 11.9. The van der Waals surface area contributed by atoms with E-state index in [1.165, 1.54) is 17.8 Å². The van der Waals surface area contributed by atoms with Gasteiger partial charge in [0, 0.05) is 12.6 Å². The van der Waals surface area contributed by atoms with Gasteiger partial charge in [0.25, 0.3) is 5.56 Å². The van der Waals surface area contributed by atoms with Crippen LogP contribution >= 0.6 is 11.6 Å². The molecule has 4 nitrogen and oxygen atoms in total. The summed E-state index contributed by atoms with van der Waals surface area (Å²) in [7, 11) is 0. The summed E-state index contributed by atoms with van der Waals surface area (Å²) in [5.41, 5.74) is -0.391. The number of nitrogens with one attached hydrogen (secondary N) is 1. The van der Waals surface area contributed by atoms with Gasteiger partial charge in [0.1, 0.15) is 5.02 Å². The smallest absolute Gasteiger partial charge is 0.380 e. The van der Waals surface area contributed by atoms with Crippen LogP contribution < -0.4 is 10.9 Å². The number of hydrogen-bond donors (Lipinski definition) is 1. The van der Waals surface area contributed by atoms with Gasteiger partial charge in [-0.15, -0.1) is 0 Å². The highest BCUT2D eigenvalue weighted by molar-refractivity contribution is 6.32. The lowest BCUT2D eigenvalue weighted by Gasteiger charge is -2.18. The molecule has 1 heterocycles. The van der Waals surface area contributed by atoms with E-state index < -0.39 is 24.2 Å². The zero-order chi connectivity index (χ0) is 15.5. The molecule has 0 aliphatic rings. The van der Waals surface area contributed by atoms with Gasteiger partial charge in [-0.25, -0.2) is 4.68 Å². The maximum atomic E-state index is 12.2. The Bertz CT molecular complexity index is 514. The number of anilines is 1. The molecule has 0 aromatic carbocycles. The third-order valence-corrected chi connectivity index (χ3v) is 2.83. The zero-order valence-corrected chi connectivity index (χ0v) is 12.2. The van der Waals surface area contributed by atoms with Crippen molar-refractivity contribution in [3.05, 3.63) is 21.6 Å². The normalized spacial score (nSPS) is 13.6. The van der Waals surface area contributed by atoms with Crippen LogP contribution in [0.2, 0.25) is 5.02 Å². The lowest BCUT2D eigenvalue weighted by Crippen LogP contribution is -2.29. The van der Waals surface area contributed by atoms with Crippen LogP contribution in [-0.2, 0) is 6.54 Å². The summed E-state index contributed by atoms with van der Waals surface area (Å²) >= 11 is 5.88. The molecule has 0 aliphatic carbocycles. The molecule has 1 atom stereocenters. The van der Waals surface area contributed by atoms with Crippen LogP contribution in [0.15, 0.2) is 11.0 Å². The predicted molar refractivity (Wildman–Crippen MR) is 72.1 cm³/mol. The molecule has 8 heteroatoms. The Morgan fingerprint density at radius 2 is 2.00 bits per heavy atom. The largest absolute Gasteiger partial charge is 0.391 e. The van der Waals surface area contributed by atoms with Crippen LogP contribution in [-0.4, -0.2) is 22.0 Å². The van der Waals surface area contributed by atoms with E-state index in [9.17, 15) is 18.0 Å². The Balaban J connectivity index is 2.88. The van der Waals surface area contributed by atoms with Gasteiger partial charge in [0.05, 0.1) is 18.3 Å². The van der Waals surface area contributed by atoms with E-state index >= 15 is 0 Å². The topological polar surface area (TPSA) is 46.9 Å². The first-order chi connectivity index (χ1) is 9.10. The highest BCUT2D eigenvalue weighted by Gasteiger charge is 2.30. The number of rotatable bonds is 5. The van der Waals surface area contributed by atoms with Crippen LogP contribution in [0.1, 0.15) is 27.2 Å². The molecular weight excluding hydrogens is 295 g/mol. The first-order valence-electron chi connectivity index (χ1n) is 6.19. The molecular formula is C12H17ClF3N3O. The van der Waals surface area contributed by atoms with Crippen LogP contribution in [0.5, 0.6) is 0 Å². The maximum Gasteiger partial charge on any atom is 0.391 e. The molecule has 0 radical (unpaired) electrons. The van der Waals surface area contributed by atoms with Crippen LogP contribution in [0.4, 0.5) is 18.9 Å². The molecule has 1 N–H and O–H groups in total. The van der Waals surface area contributed by atoms with Gasteiger partial charge in [-0.05, 0) is 12.8 Å². The van der Waals surface area contributed by atoms with Crippen LogP contribution in [0.3, 0.4) is 0 Å².